The average Bonchev–Trinajstić information content (AvgIpc) is 2.87. The number of benzene rings is 1. The molecule has 1 aliphatic rings. The van der Waals surface area contributed by atoms with Crippen molar-refractivity contribution < 1.29 is 4.79 Å². The molecule has 0 atom stereocenters. The number of carbonyl (C=O) groups is 1. The molecule has 0 N–H and O–H groups in total. The van der Waals surface area contributed by atoms with Gasteiger partial charge in [-0.25, -0.2) is 0 Å². The summed E-state index contributed by atoms with van der Waals surface area (Å²) in [7, 11) is 4.18. The van der Waals surface area contributed by atoms with Gasteiger partial charge in [0.05, 0.1) is 0 Å². The lowest BCUT2D eigenvalue weighted by molar-refractivity contribution is 0.112. The van der Waals surface area contributed by atoms with Crippen LogP contribution in [0.25, 0.3) is 5.57 Å². The van der Waals surface area contributed by atoms with E-state index < -0.39 is 0 Å². The van der Waals surface area contributed by atoms with Crippen LogP contribution in [0.4, 0.5) is 0 Å². The summed E-state index contributed by atoms with van der Waals surface area (Å²) < 4.78 is 2.21. The van der Waals surface area contributed by atoms with E-state index in [1.165, 1.54) is 16.7 Å². The lowest BCUT2D eigenvalue weighted by atomic mass is 9.96. The van der Waals surface area contributed by atoms with Crippen LogP contribution in [0.2, 0.25) is 0 Å². The van der Waals surface area contributed by atoms with Crippen LogP contribution in [0.15, 0.2) is 42.6 Å². The highest BCUT2D eigenvalue weighted by Gasteiger charge is 2.18. The number of aryl methyl sites for hydroxylation is 2. The van der Waals surface area contributed by atoms with Crippen LogP contribution in [-0.4, -0.2) is 36.4 Å². The van der Waals surface area contributed by atoms with Crippen molar-refractivity contribution in [1.29, 1.82) is 0 Å². The predicted octanol–water partition coefficient (Wildman–Crippen LogP) is 3.24. The van der Waals surface area contributed by atoms with Crippen LogP contribution >= 0.6 is 0 Å². The van der Waals surface area contributed by atoms with Crippen LogP contribution < -0.4 is 0 Å². The maximum absolute atomic E-state index is 11.1. The minimum atomic E-state index is 0.757. The second kappa shape index (κ2) is 6.32. The van der Waals surface area contributed by atoms with Gasteiger partial charge in [-0.15, -0.1) is 0 Å². The molecule has 0 amide bonds. The number of carbonyl (C=O) groups excluding carboxylic acids is 1. The van der Waals surface area contributed by atoms with E-state index in [1.54, 1.807) is 0 Å². The number of hydrogen-bond donors (Lipinski definition) is 0. The van der Waals surface area contributed by atoms with E-state index in [2.05, 4.69) is 53.9 Å². The Labute approximate surface area is 131 Å². The number of aldehydes is 1. The summed E-state index contributed by atoms with van der Waals surface area (Å²) in [6.45, 7) is 1.94. The molecular weight excluding hydrogens is 272 g/mol. The quantitative estimate of drug-likeness (QED) is 0.809. The third-order valence-electron chi connectivity index (χ3n) is 4.18. The summed E-state index contributed by atoms with van der Waals surface area (Å²) in [5, 5.41) is 0. The zero-order valence-corrected chi connectivity index (χ0v) is 13.2. The van der Waals surface area contributed by atoms with Crippen molar-refractivity contribution in [3.63, 3.8) is 0 Å². The molecule has 3 nitrogen and oxygen atoms in total. The van der Waals surface area contributed by atoms with E-state index >= 15 is 0 Å². The summed E-state index contributed by atoms with van der Waals surface area (Å²) in [6, 6.07) is 10.6. The first-order valence-corrected chi connectivity index (χ1v) is 7.78. The maximum Gasteiger partial charge on any atom is 0.151 e. The van der Waals surface area contributed by atoms with Crippen molar-refractivity contribution in [1.82, 2.24) is 9.47 Å². The standard InChI is InChI=1S/C19H22N2O/c1-20(2)10-5-8-18-17-7-4-3-6-16(17)9-11-21-13-15(14-22)12-19(18)21/h3-4,6-8,12-14H,5,9-11H2,1-2H3/b18-8+. The number of fused-ring (bicyclic) bond motifs is 2. The van der Waals surface area contributed by atoms with Crippen molar-refractivity contribution in [2.24, 2.45) is 0 Å². The molecule has 2 heterocycles. The second-order valence-electron chi connectivity index (χ2n) is 6.09. The van der Waals surface area contributed by atoms with Gasteiger partial charge in [0, 0.05) is 36.1 Å². The Morgan fingerprint density at radius 3 is 2.86 bits per heavy atom. The van der Waals surface area contributed by atoms with Crippen molar-refractivity contribution in [3.8, 4) is 0 Å². The highest BCUT2D eigenvalue weighted by molar-refractivity contribution is 5.84. The molecule has 0 saturated heterocycles. The molecule has 1 aromatic heterocycles. The molecular formula is C19H22N2O. The largest absolute Gasteiger partial charge is 0.346 e. The number of nitrogens with zero attached hydrogens (tertiary/aromatic N) is 2. The van der Waals surface area contributed by atoms with E-state index in [1.807, 2.05) is 12.3 Å². The molecule has 0 bridgehead atoms. The predicted molar refractivity (Wildman–Crippen MR) is 90.2 cm³/mol. The molecule has 0 spiro atoms. The third-order valence-corrected chi connectivity index (χ3v) is 4.18. The normalized spacial score (nSPS) is 15.5. The Hall–Kier alpha value is -2.13. The van der Waals surface area contributed by atoms with Gasteiger partial charge in [-0.1, -0.05) is 30.3 Å². The minimum Gasteiger partial charge on any atom is -0.346 e. The molecule has 3 heteroatoms. The Kier molecular flexibility index (Phi) is 4.25. The fourth-order valence-electron chi connectivity index (χ4n) is 3.07. The van der Waals surface area contributed by atoms with E-state index in [9.17, 15) is 4.79 Å². The molecule has 1 aliphatic heterocycles. The van der Waals surface area contributed by atoms with Crippen LogP contribution in [-0.2, 0) is 13.0 Å². The Morgan fingerprint density at radius 2 is 2.09 bits per heavy atom. The summed E-state index contributed by atoms with van der Waals surface area (Å²) >= 11 is 0. The monoisotopic (exact) mass is 294 g/mol. The molecule has 0 fully saturated rings. The fourth-order valence-corrected chi connectivity index (χ4v) is 3.07. The van der Waals surface area contributed by atoms with Crippen molar-refractivity contribution in [2.75, 3.05) is 20.6 Å². The summed E-state index contributed by atoms with van der Waals surface area (Å²) in [5.74, 6) is 0. The van der Waals surface area contributed by atoms with Gasteiger partial charge >= 0.3 is 0 Å². The first-order chi connectivity index (χ1) is 10.7. The van der Waals surface area contributed by atoms with E-state index in [0.717, 1.165) is 43.5 Å². The maximum atomic E-state index is 11.1. The van der Waals surface area contributed by atoms with Gasteiger partial charge in [-0.2, -0.15) is 0 Å². The molecule has 114 valence electrons. The zero-order valence-electron chi connectivity index (χ0n) is 13.2. The highest BCUT2D eigenvalue weighted by Crippen LogP contribution is 2.31. The van der Waals surface area contributed by atoms with Gasteiger partial charge in [0.2, 0.25) is 0 Å². The van der Waals surface area contributed by atoms with Crippen LogP contribution in [0.1, 0.15) is 33.6 Å². The van der Waals surface area contributed by atoms with Crippen LogP contribution in [0.5, 0.6) is 0 Å². The summed E-state index contributed by atoms with van der Waals surface area (Å²) in [4.78, 5) is 13.3. The van der Waals surface area contributed by atoms with Gasteiger partial charge < -0.3 is 9.47 Å². The lowest BCUT2D eigenvalue weighted by Gasteiger charge is -2.12. The lowest BCUT2D eigenvalue weighted by Crippen LogP contribution is -2.12. The highest BCUT2D eigenvalue weighted by atomic mass is 16.1. The van der Waals surface area contributed by atoms with E-state index in [0.29, 0.717) is 0 Å². The topological polar surface area (TPSA) is 25.2 Å². The molecule has 0 unspecified atom stereocenters. The molecule has 0 aliphatic carbocycles. The molecule has 22 heavy (non-hydrogen) atoms. The van der Waals surface area contributed by atoms with Gasteiger partial charge in [0.15, 0.2) is 6.29 Å². The Morgan fingerprint density at radius 1 is 1.27 bits per heavy atom. The number of aromatic nitrogens is 1. The van der Waals surface area contributed by atoms with Gasteiger partial charge in [0.25, 0.3) is 0 Å². The van der Waals surface area contributed by atoms with Crippen LogP contribution in [0, 0.1) is 0 Å². The smallest absolute Gasteiger partial charge is 0.151 e. The Balaban J connectivity index is 2.07. The first-order valence-electron chi connectivity index (χ1n) is 7.78. The molecule has 2 aromatic rings. The number of rotatable bonds is 4. The molecule has 0 saturated carbocycles. The fraction of sp³-hybridized carbons (Fsp3) is 0.316. The van der Waals surface area contributed by atoms with Crippen molar-refractivity contribution in [2.45, 2.75) is 19.4 Å². The minimum absolute atomic E-state index is 0.757. The second-order valence-corrected chi connectivity index (χ2v) is 6.09. The third kappa shape index (κ3) is 2.90. The van der Waals surface area contributed by atoms with E-state index in [4.69, 9.17) is 0 Å². The van der Waals surface area contributed by atoms with Crippen molar-refractivity contribution in [3.05, 3.63) is 65.0 Å². The average molecular weight is 294 g/mol. The summed E-state index contributed by atoms with van der Waals surface area (Å²) in [6.07, 6.45) is 7.21. The van der Waals surface area contributed by atoms with E-state index in [-0.39, 0.29) is 0 Å². The Bertz CT molecular complexity index is 710. The van der Waals surface area contributed by atoms with Crippen LogP contribution in [0.3, 0.4) is 0 Å². The van der Waals surface area contributed by atoms with Gasteiger partial charge in [-0.05, 0) is 44.1 Å². The molecule has 1 aromatic carbocycles. The zero-order chi connectivity index (χ0) is 15.5. The van der Waals surface area contributed by atoms with Crippen molar-refractivity contribution >= 4 is 11.9 Å². The SMILES string of the molecule is CN(C)CC/C=C1\c2ccccc2CCn2cc(C=O)cc21. The first kappa shape index (κ1) is 14.8. The molecule has 0 radical (unpaired) electrons. The van der Waals surface area contributed by atoms with Gasteiger partial charge in [0.1, 0.15) is 0 Å². The molecule has 3 rings (SSSR count). The van der Waals surface area contributed by atoms with Gasteiger partial charge in [-0.3, -0.25) is 4.79 Å². The summed E-state index contributed by atoms with van der Waals surface area (Å²) in [5.41, 5.74) is 5.85. The number of hydrogen-bond acceptors (Lipinski definition) is 2.